The molecule has 0 aliphatic rings. The van der Waals surface area contributed by atoms with Crippen molar-refractivity contribution < 1.29 is 0 Å². The van der Waals surface area contributed by atoms with Crippen molar-refractivity contribution in [2.24, 2.45) is 0 Å². The van der Waals surface area contributed by atoms with Gasteiger partial charge in [0.05, 0.1) is 22.1 Å². The summed E-state index contributed by atoms with van der Waals surface area (Å²) in [7, 11) is 0. The van der Waals surface area contributed by atoms with Crippen molar-refractivity contribution in [2.45, 2.75) is 0 Å². The van der Waals surface area contributed by atoms with Gasteiger partial charge in [-0.15, -0.1) is 0 Å². The highest BCUT2D eigenvalue weighted by molar-refractivity contribution is 6.10. The Bertz CT molecular complexity index is 2810. The first kappa shape index (κ1) is 30.7. The molecule has 0 N–H and O–H groups in total. The molecule has 8 aromatic carbocycles. The van der Waals surface area contributed by atoms with E-state index < -0.39 is 0 Å². The van der Waals surface area contributed by atoms with Crippen LogP contribution in [0.1, 0.15) is 11.1 Å². The molecule has 10 rings (SSSR count). The minimum absolute atomic E-state index is 1.10. The van der Waals surface area contributed by atoms with Crippen LogP contribution in [0.2, 0.25) is 0 Å². The van der Waals surface area contributed by atoms with E-state index >= 15 is 0 Å². The molecule has 0 aliphatic carbocycles. The Morgan fingerprint density at radius 1 is 0.283 bits per heavy atom. The zero-order chi connectivity index (χ0) is 35.1. The molecule has 0 unspecified atom stereocenters. The van der Waals surface area contributed by atoms with Crippen LogP contribution in [0, 0.1) is 0 Å². The Morgan fingerprint density at radius 3 is 1.00 bits per heavy atom. The van der Waals surface area contributed by atoms with Crippen LogP contribution in [0.5, 0.6) is 0 Å². The number of aromatic nitrogens is 2. The van der Waals surface area contributed by atoms with E-state index in [0.717, 1.165) is 39.6 Å². The SMILES string of the molecule is C(=Cc1ccc(-n2c3ccccc3c3ccccc32)cc1)c1ccc(N(c2ccccc2)c2ccc(-n3c4ccccc4c4ccccc43)cc2)cc1. The first-order valence-corrected chi connectivity index (χ1v) is 18.1. The summed E-state index contributed by atoms with van der Waals surface area (Å²) in [6.45, 7) is 0. The largest absolute Gasteiger partial charge is 0.311 e. The summed E-state index contributed by atoms with van der Waals surface area (Å²) < 4.78 is 4.72. The molecule has 0 bridgehead atoms. The molecule has 0 saturated carbocycles. The highest BCUT2D eigenvalue weighted by Crippen LogP contribution is 2.37. The second-order valence-corrected chi connectivity index (χ2v) is 13.4. The summed E-state index contributed by atoms with van der Waals surface area (Å²) in [5.74, 6) is 0. The average Bonchev–Trinajstić information content (AvgIpc) is 3.75. The first-order chi connectivity index (χ1) is 26.3. The van der Waals surface area contributed by atoms with Gasteiger partial charge in [0.15, 0.2) is 0 Å². The number of rotatable bonds is 7. The molecule has 250 valence electrons. The second kappa shape index (κ2) is 12.9. The van der Waals surface area contributed by atoms with Crippen LogP contribution in [0.25, 0.3) is 67.1 Å². The smallest absolute Gasteiger partial charge is 0.0541 e. The van der Waals surface area contributed by atoms with Crippen molar-refractivity contribution >= 4 is 72.8 Å². The lowest BCUT2D eigenvalue weighted by atomic mass is 10.1. The lowest BCUT2D eigenvalue weighted by Crippen LogP contribution is -2.10. The van der Waals surface area contributed by atoms with Crippen molar-refractivity contribution in [1.29, 1.82) is 0 Å². The van der Waals surface area contributed by atoms with Crippen molar-refractivity contribution in [3.63, 3.8) is 0 Å². The Balaban J connectivity index is 0.936. The molecule has 53 heavy (non-hydrogen) atoms. The maximum Gasteiger partial charge on any atom is 0.0541 e. The van der Waals surface area contributed by atoms with Crippen LogP contribution >= 0.6 is 0 Å². The van der Waals surface area contributed by atoms with Crippen LogP contribution in [0.4, 0.5) is 17.1 Å². The van der Waals surface area contributed by atoms with Gasteiger partial charge in [-0.3, -0.25) is 0 Å². The average molecular weight is 678 g/mol. The van der Waals surface area contributed by atoms with E-state index in [9.17, 15) is 0 Å². The molecular weight excluding hydrogens is 643 g/mol. The van der Waals surface area contributed by atoms with Crippen molar-refractivity contribution in [1.82, 2.24) is 9.13 Å². The first-order valence-electron chi connectivity index (χ1n) is 18.1. The van der Waals surface area contributed by atoms with Crippen molar-refractivity contribution in [3.8, 4) is 11.4 Å². The summed E-state index contributed by atoms with van der Waals surface area (Å²) in [5, 5.41) is 5.09. The monoisotopic (exact) mass is 677 g/mol. The van der Waals surface area contributed by atoms with Gasteiger partial charge in [0.2, 0.25) is 0 Å². The standard InChI is InChI=1S/C50H35N3/c1-2-12-38(13-3-1)51(40-32-34-42(35-33-40)53-49-20-10-6-16-45(49)46-17-7-11-21-50(46)53)39-28-24-36(25-29-39)22-23-37-26-30-41(31-27-37)52-47-18-8-4-14-43(47)44-15-5-9-19-48(44)52/h1-35H. The van der Waals surface area contributed by atoms with E-state index in [-0.39, 0.29) is 0 Å². The summed E-state index contributed by atoms with van der Waals surface area (Å²) in [6, 6.07) is 71.7. The lowest BCUT2D eigenvalue weighted by molar-refractivity contribution is 1.17. The van der Waals surface area contributed by atoms with Gasteiger partial charge in [0.1, 0.15) is 0 Å². The van der Waals surface area contributed by atoms with E-state index in [0.29, 0.717) is 0 Å². The third-order valence-corrected chi connectivity index (χ3v) is 10.3. The van der Waals surface area contributed by atoms with Crippen LogP contribution in [-0.4, -0.2) is 9.13 Å². The number of anilines is 3. The molecule has 0 spiro atoms. The molecule has 0 atom stereocenters. The van der Waals surface area contributed by atoms with E-state index in [4.69, 9.17) is 0 Å². The second-order valence-electron chi connectivity index (χ2n) is 13.4. The Hall–Kier alpha value is -7.10. The van der Waals surface area contributed by atoms with Gasteiger partial charge in [-0.2, -0.15) is 0 Å². The third-order valence-electron chi connectivity index (χ3n) is 10.3. The van der Waals surface area contributed by atoms with Crippen LogP contribution in [-0.2, 0) is 0 Å². The minimum Gasteiger partial charge on any atom is -0.311 e. The predicted octanol–water partition coefficient (Wildman–Crippen LogP) is 13.5. The summed E-state index contributed by atoms with van der Waals surface area (Å²) >= 11 is 0. The Kier molecular flexibility index (Phi) is 7.47. The zero-order valence-corrected chi connectivity index (χ0v) is 29.0. The molecule has 2 aromatic heterocycles. The molecule has 0 radical (unpaired) electrons. The van der Waals surface area contributed by atoms with Gasteiger partial charge >= 0.3 is 0 Å². The number of hydrogen-bond donors (Lipinski definition) is 0. The van der Waals surface area contributed by atoms with Crippen LogP contribution in [0.3, 0.4) is 0 Å². The third kappa shape index (κ3) is 5.38. The number of fused-ring (bicyclic) bond motifs is 6. The fraction of sp³-hybridized carbons (Fsp3) is 0. The van der Waals surface area contributed by atoms with Gasteiger partial charge in [-0.05, 0) is 96.1 Å². The summed E-state index contributed by atoms with van der Waals surface area (Å²) in [6.07, 6.45) is 4.37. The quantitative estimate of drug-likeness (QED) is 0.153. The molecular formula is C50H35N3. The Morgan fingerprint density at radius 2 is 0.585 bits per heavy atom. The number of para-hydroxylation sites is 5. The number of benzene rings is 8. The van der Waals surface area contributed by atoms with Gasteiger partial charge < -0.3 is 14.0 Å². The van der Waals surface area contributed by atoms with Crippen LogP contribution in [0.15, 0.2) is 200 Å². The van der Waals surface area contributed by atoms with Crippen molar-refractivity contribution in [2.75, 3.05) is 4.90 Å². The molecule has 0 amide bonds. The predicted molar refractivity (Wildman–Crippen MR) is 225 cm³/mol. The normalized spacial score (nSPS) is 11.7. The molecule has 0 saturated heterocycles. The maximum atomic E-state index is 2.36. The minimum atomic E-state index is 1.10. The summed E-state index contributed by atoms with van der Waals surface area (Å²) in [4.78, 5) is 2.32. The van der Waals surface area contributed by atoms with Gasteiger partial charge in [0.25, 0.3) is 0 Å². The van der Waals surface area contributed by atoms with Gasteiger partial charge in [-0.25, -0.2) is 0 Å². The number of hydrogen-bond acceptors (Lipinski definition) is 1. The fourth-order valence-corrected chi connectivity index (χ4v) is 7.84. The summed E-state index contributed by atoms with van der Waals surface area (Å²) in [5.41, 5.74) is 12.8. The van der Waals surface area contributed by atoms with Gasteiger partial charge in [-0.1, -0.05) is 127 Å². The number of nitrogens with zero attached hydrogens (tertiary/aromatic N) is 3. The molecule has 0 aliphatic heterocycles. The fourth-order valence-electron chi connectivity index (χ4n) is 7.84. The molecule has 3 nitrogen and oxygen atoms in total. The topological polar surface area (TPSA) is 13.1 Å². The Labute approximate surface area is 308 Å². The van der Waals surface area contributed by atoms with E-state index in [1.165, 1.54) is 43.6 Å². The van der Waals surface area contributed by atoms with Gasteiger partial charge in [0, 0.05) is 50.0 Å². The highest BCUT2D eigenvalue weighted by Gasteiger charge is 2.15. The molecule has 2 heterocycles. The zero-order valence-electron chi connectivity index (χ0n) is 29.0. The maximum absolute atomic E-state index is 2.36. The molecule has 0 fully saturated rings. The highest BCUT2D eigenvalue weighted by atomic mass is 15.1. The van der Waals surface area contributed by atoms with E-state index in [2.05, 4.69) is 226 Å². The lowest BCUT2D eigenvalue weighted by Gasteiger charge is -2.26. The van der Waals surface area contributed by atoms with E-state index in [1.807, 2.05) is 0 Å². The molecule has 3 heteroatoms. The van der Waals surface area contributed by atoms with E-state index in [1.54, 1.807) is 0 Å². The van der Waals surface area contributed by atoms with Crippen LogP contribution < -0.4 is 4.90 Å². The van der Waals surface area contributed by atoms with Crippen molar-refractivity contribution in [3.05, 3.63) is 211 Å². The molecule has 10 aromatic rings.